The topological polar surface area (TPSA) is 26.3 Å². The number of benzene rings is 2. The maximum atomic E-state index is 12.4. The van der Waals surface area contributed by atoms with E-state index in [-0.39, 0.29) is 5.92 Å². The molecule has 0 aliphatic rings. The highest BCUT2D eigenvalue weighted by Gasteiger charge is 2.19. The summed E-state index contributed by atoms with van der Waals surface area (Å²) >= 11 is 0. The van der Waals surface area contributed by atoms with Crippen molar-refractivity contribution in [2.75, 3.05) is 7.11 Å². The minimum atomic E-state index is 0.285. The summed E-state index contributed by atoms with van der Waals surface area (Å²) in [5.74, 6) is 1.97. The van der Waals surface area contributed by atoms with Gasteiger partial charge in [0, 0.05) is 12.8 Å². The molecule has 2 aromatic carbocycles. The summed E-state index contributed by atoms with van der Waals surface area (Å²) < 4.78 is 5.23. The monoisotopic (exact) mass is 338 g/mol. The summed E-state index contributed by atoms with van der Waals surface area (Å²) in [5, 5.41) is 0. The molecule has 0 amide bonds. The van der Waals surface area contributed by atoms with E-state index in [1.54, 1.807) is 7.11 Å². The van der Waals surface area contributed by atoms with Gasteiger partial charge in [0.25, 0.3) is 0 Å². The summed E-state index contributed by atoms with van der Waals surface area (Å²) in [6, 6.07) is 18.6. The van der Waals surface area contributed by atoms with E-state index in [2.05, 4.69) is 50.2 Å². The molecule has 0 saturated carbocycles. The van der Waals surface area contributed by atoms with Gasteiger partial charge in [-0.05, 0) is 54.4 Å². The zero-order valence-electron chi connectivity index (χ0n) is 15.7. The molecule has 2 nitrogen and oxygen atoms in total. The number of rotatable bonds is 10. The molecule has 0 aliphatic heterocycles. The van der Waals surface area contributed by atoms with E-state index in [0.717, 1.165) is 25.0 Å². The van der Waals surface area contributed by atoms with Crippen LogP contribution >= 0.6 is 0 Å². The molecular formula is C23H30O2. The number of ether oxygens (including phenoxy) is 1. The van der Waals surface area contributed by atoms with Crippen LogP contribution in [0.5, 0.6) is 5.75 Å². The van der Waals surface area contributed by atoms with Crippen molar-refractivity contribution < 1.29 is 9.53 Å². The normalized spacial score (nSPS) is 12.2. The van der Waals surface area contributed by atoms with Crippen LogP contribution in [0.1, 0.15) is 56.6 Å². The minimum Gasteiger partial charge on any atom is -0.497 e. The first-order valence-electron chi connectivity index (χ1n) is 9.29. The van der Waals surface area contributed by atoms with Crippen molar-refractivity contribution in [1.82, 2.24) is 0 Å². The Morgan fingerprint density at radius 2 is 1.64 bits per heavy atom. The molecule has 0 bridgehead atoms. The smallest absolute Gasteiger partial charge is 0.133 e. The van der Waals surface area contributed by atoms with Crippen LogP contribution in [0.15, 0.2) is 54.6 Å². The van der Waals surface area contributed by atoms with Crippen LogP contribution in [0, 0.1) is 5.92 Å². The Morgan fingerprint density at radius 3 is 2.24 bits per heavy atom. The van der Waals surface area contributed by atoms with Gasteiger partial charge in [0.2, 0.25) is 0 Å². The number of aryl methyl sites for hydroxylation is 1. The SMILES string of the molecule is COc1ccc(C(CC(=O)CCCCc2ccccc2)C(C)C)cc1. The Hall–Kier alpha value is -2.09. The Labute approximate surface area is 152 Å². The lowest BCUT2D eigenvalue weighted by atomic mass is 9.83. The summed E-state index contributed by atoms with van der Waals surface area (Å²) in [4.78, 5) is 12.4. The fourth-order valence-electron chi connectivity index (χ4n) is 3.23. The van der Waals surface area contributed by atoms with E-state index in [1.807, 2.05) is 18.2 Å². The predicted octanol–water partition coefficient (Wildman–Crippen LogP) is 5.81. The first kappa shape index (κ1) is 19.2. The molecule has 2 heteroatoms. The van der Waals surface area contributed by atoms with Crippen molar-refractivity contribution in [2.45, 2.75) is 51.9 Å². The summed E-state index contributed by atoms with van der Waals surface area (Å²) in [6.07, 6.45) is 4.42. The third-order valence-corrected chi connectivity index (χ3v) is 4.81. The zero-order valence-corrected chi connectivity index (χ0v) is 15.7. The Bertz CT molecular complexity index is 629. The highest BCUT2D eigenvalue weighted by molar-refractivity contribution is 5.79. The fourth-order valence-corrected chi connectivity index (χ4v) is 3.23. The van der Waals surface area contributed by atoms with Crippen LogP contribution in [0.3, 0.4) is 0 Å². The molecule has 0 fully saturated rings. The average molecular weight is 338 g/mol. The molecule has 1 unspecified atom stereocenters. The number of ketones is 1. The molecule has 134 valence electrons. The largest absolute Gasteiger partial charge is 0.497 e. The van der Waals surface area contributed by atoms with E-state index in [1.165, 1.54) is 11.1 Å². The number of carbonyl (C=O) groups excluding carboxylic acids is 1. The highest BCUT2D eigenvalue weighted by Crippen LogP contribution is 2.30. The number of hydrogen-bond acceptors (Lipinski definition) is 2. The molecule has 0 aromatic heterocycles. The van der Waals surface area contributed by atoms with Crippen molar-refractivity contribution in [1.29, 1.82) is 0 Å². The average Bonchev–Trinajstić information content (AvgIpc) is 2.64. The van der Waals surface area contributed by atoms with Crippen molar-refractivity contribution in [2.24, 2.45) is 5.92 Å². The van der Waals surface area contributed by atoms with Gasteiger partial charge in [-0.2, -0.15) is 0 Å². The highest BCUT2D eigenvalue weighted by atomic mass is 16.5. The molecule has 0 heterocycles. The van der Waals surface area contributed by atoms with Gasteiger partial charge in [0.15, 0.2) is 0 Å². The second kappa shape index (κ2) is 10.0. The van der Waals surface area contributed by atoms with Crippen LogP contribution in [0.2, 0.25) is 0 Å². The Kier molecular flexibility index (Phi) is 7.72. The summed E-state index contributed by atoms with van der Waals surface area (Å²) in [5.41, 5.74) is 2.58. The molecule has 2 aromatic rings. The standard InChI is InChI=1S/C23H30O2/c1-18(2)23(20-13-15-22(25-3)16-14-20)17-21(24)12-8-7-11-19-9-5-4-6-10-19/h4-6,9-10,13-16,18,23H,7-8,11-12,17H2,1-3H3. The second-order valence-electron chi connectivity index (χ2n) is 7.06. The predicted molar refractivity (Wildman–Crippen MR) is 104 cm³/mol. The lowest BCUT2D eigenvalue weighted by Crippen LogP contribution is -2.12. The molecule has 0 radical (unpaired) electrons. The van der Waals surface area contributed by atoms with Crippen molar-refractivity contribution in [3.05, 3.63) is 65.7 Å². The van der Waals surface area contributed by atoms with Crippen LogP contribution in [0.25, 0.3) is 0 Å². The molecule has 2 rings (SSSR count). The second-order valence-corrected chi connectivity index (χ2v) is 7.06. The number of unbranched alkanes of at least 4 members (excludes halogenated alkanes) is 1. The van der Waals surface area contributed by atoms with Crippen LogP contribution < -0.4 is 4.74 Å². The van der Waals surface area contributed by atoms with E-state index in [4.69, 9.17) is 4.74 Å². The number of Topliss-reactive ketones (excluding diaryl/α,β-unsaturated/α-hetero) is 1. The molecule has 1 atom stereocenters. The number of hydrogen-bond donors (Lipinski definition) is 0. The lowest BCUT2D eigenvalue weighted by molar-refractivity contribution is -0.119. The van der Waals surface area contributed by atoms with Crippen LogP contribution in [-0.2, 0) is 11.2 Å². The molecule has 0 saturated heterocycles. The third kappa shape index (κ3) is 6.38. The molecular weight excluding hydrogens is 308 g/mol. The van der Waals surface area contributed by atoms with Gasteiger partial charge in [-0.15, -0.1) is 0 Å². The van der Waals surface area contributed by atoms with Gasteiger partial charge in [-0.25, -0.2) is 0 Å². The number of methoxy groups -OCH3 is 1. The Balaban J connectivity index is 1.81. The zero-order chi connectivity index (χ0) is 18.1. The van der Waals surface area contributed by atoms with E-state index in [9.17, 15) is 4.79 Å². The first-order chi connectivity index (χ1) is 12.1. The third-order valence-electron chi connectivity index (χ3n) is 4.81. The fraction of sp³-hybridized carbons (Fsp3) is 0.435. The van der Waals surface area contributed by atoms with Gasteiger partial charge in [-0.3, -0.25) is 4.79 Å². The molecule has 0 N–H and O–H groups in total. The quantitative estimate of drug-likeness (QED) is 0.511. The summed E-state index contributed by atoms with van der Waals surface area (Å²) in [7, 11) is 1.67. The van der Waals surface area contributed by atoms with E-state index >= 15 is 0 Å². The van der Waals surface area contributed by atoms with Crippen LogP contribution in [-0.4, -0.2) is 12.9 Å². The lowest BCUT2D eigenvalue weighted by Gasteiger charge is -2.21. The molecule has 0 aliphatic carbocycles. The number of carbonyl (C=O) groups is 1. The van der Waals surface area contributed by atoms with Crippen LogP contribution in [0.4, 0.5) is 0 Å². The first-order valence-corrected chi connectivity index (χ1v) is 9.29. The summed E-state index contributed by atoms with van der Waals surface area (Å²) in [6.45, 7) is 4.38. The van der Waals surface area contributed by atoms with Gasteiger partial charge in [0.05, 0.1) is 7.11 Å². The van der Waals surface area contributed by atoms with E-state index < -0.39 is 0 Å². The van der Waals surface area contributed by atoms with Gasteiger partial charge in [-0.1, -0.05) is 56.3 Å². The maximum absolute atomic E-state index is 12.4. The molecule has 25 heavy (non-hydrogen) atoms. The Morgan fingerprint density at radius 1 is 0.960 bits per heavy atom. The molecule has 0 spiro atoms. The van der Waals surface area contributed by atoms with Crippen molar-refractivity contribution in [3.63, 3.8) is 0 Å². The maximum Gasteiger partial charge on any atom is 0.133 e. The van der Waals surface area contributed by atoms with Crippen molar-refractivity contribution in [3.8, 4) is 5.75 Å². The van der Waals surface area contributed by atoms with E-state index in [0.29, 0.717) is 24.5 Å². The van der Waals surface area contributed by atoms with Gasteiger partial charge in [0.1, 0.15) is 11.5 Å². The van der Waals surface area contributed by atoms with Gasteiger partial charge >= 0.3 is 0 Å². The van der Waals surface area contributed by atoms with Gasteiger partial charge < -0.3 is 4.74 Å². The minimum absolute atomic E-state index is 0.285. The van der Waals surface area contributed by atoms with Crippen molar-refractivity contribution >= 4 is 5.78 Å².